The van der Waals surface area contributed by atoms with E-state index in [1.165, 1.54) is 14.0 Å². The molecule has 1 aliphatic heterocycles. The maximum absolute atomic E-state index is 12.7. The van der Waals surface area contributed by atoms with Gasteiger partial charge in [-0.15, -0.1) is 0 Å². The molecule has 3 amide bonds. The second-order valence-electron chi connectivity index (χ2n) is 6.69. The van der Waals surface area contributed by atoms with E-state index in [1.54, 1.807) is 54.5 Å². The van der Waals surface area contributed by atoms with Crippen molar-refractivity contribution in [3.63, 3.8) is 0 Å². The summed E-state index contributed by atoms with van der Waals surface area (Å²) in [5.41, 5.74) is 1.73. The van der Waals surface area contributed by atoms with E-state index < -0.39 is 5.92 Å². The van der Waals surface area contributed by atoms with Gasteiger partial charge in [-0.05, 0) is 30.3 Å². The Bertz CT molecular complexity index is 944. The highest BCUT2D eigenvalue weighted by molar-refractivity contribution is 6.04. The molecule has 2 aromatic carbocycles. The van der Waals surface area contributed by atoms with E-state index in [1.807, 2.05) is 0 Å². The monoisotopic (exact) mass is 397 g/mol. The molecule has 0 aliphatic carbocycles. The number of carbonyl (C=O) groups excluding carboxylic acids is 3. The van der Waals surface area contributed by atoms with Gasteiger partial charge in [0.2, 0.25) is 17.7 Å². The Labute approximate surface area is 168 Å². The van der Waals surface area contributed by atoms with Crippen LogP contribution < -0.4 is 25.0 Å². The van der Waals surface area contributed by atoms with Crippen LogP contribution in [0.25, 0.3) is 0 Å². The summed E-state index contributed by atoms with van der Waals surface area (Å²) in [6.07, 6.45) is 0.104. The molecule has 2 N–H and O–H groups in total. The molecular formula is C21H23N3O5. The van der Waals surface area contributed by atoms with Crippen LogP contribution in [-0.4, -0.2) is 38.5 Å². The van der Waals surface area contributed by atoms with Crippen molar-refractivity contribution >= 4 is 34.8 Å². The normalized spacial score (nSPS) is 15.8. The first-order chi connectivity index (χ1) is 13.9. The van der Waals surface area contributed by atoms with Gasteiger partial charge in [0.05, 0.1) is 25.8 Å². The molecule has 0 saturated carbocycles. The molecule has 1 fully saturated rings. The van der Waals surface area contributed by atoms with Crippen molar-refractivity contribution < 1.29 is 23.9 Å². The smallest absolute Gasteiger partial charge is 0.229 e. The summed E-state index contributed by atoms with van der Waals surface area (Å²) in [4.78, 5) is 38.0. The largest absolute Gasteiger partial charge is 0.497 e. The van der Waals surface area contributed by atoms with Gasteiger partial charge in [-0.3, -0.25) is 14.4 Å². The summed E-state index contributed by atoms with van der Waals surface area (Å²) >= 11 is 0. The summed E-state index contributed by atoms with van der Waals surface area (Å²) in [6, 6.07) is 12.0. The van der Waals surface area contributed by atoms with Crippen LogP contribution in [0.15, 0.2) is 42.5 Å². The van der Waals surface area contributed by atoms with E-state index >= 15 is 0 Å². The van der Waals surface area contributed by atoms with E-state index in [-0.39, 0.29) is 30.7 Å². The molecule has 0 bridgehead atoms. The van der Waals surface area contributed by atoms with E-state index in [0.29, 0.717) is 28.6 Å². The van der Waals surface area contributed by atoms with Crippen LogP contribution in [0.2, 0.25) is 0 Å². The summed E-state index contributed by atoms with van der Waals surface area (Å²) in [5, 5.41) is 5.49. The standard InChI is InChI=1S/C21H23N3O5/c1-13(25)22-15-5-4-6-16(10-15)23-21(27)14-9-20(26)24(12-14)18-8-7-17(28-2)11-19(18)29-3/h4-8,10-11,14H,9,12H2,1-3H3,(H,22,25)(H,23,27)/t14-/m0/s1. The van der Waals surface area contributed by atoms with Gasteiger partial charge < -0.3 is 25.0 Å². The van der Waals surface area contributed by atoms with E-state index in [9.17, 15) is 14.4 Å². The number of methoxy groups -OCH3 is 2. The van der Waals surface area contributed by atoms with Gasteiger partial charge in [0.25, 0.3) is 0 Å². The minimum Gasteiger partial charge on any atom is -0.497 e. The molecule has 0 radical (unpaired) electrons. The maximum atomic E-state index is 12.7. The summed E-state index contributed by atoms with van der Waals surface area (Å²) in [7, 11) is 3.07. The molecule has 0 spiro atoms. The topological polar surface area (TPSA) is 97.0 Å². The number of hydrogen-bond acceptors (Lipinski definition) is 5. The number of rotatable bonds is 6. The second kappa shape index (κ2) is 8.64. The fourth-order valence-corrected chi connectivity index (χ4v) is 3.25. The molecule has 8 heteroatoms. The highest BCUT2D eigenvalue weighted by Crippen LogP contribution is 2.36. The minimum absolute atomic E-state index is 0.104. The van der Waals surface area contributed by atoms with Crippen LogP contribution in [0, 0.1) is 5.92 Å². The van der Waals surface area contributed by atoms with Crippen molar-refractivity contribution in [1.82, 2.24) is 0 Å². The second-order valence-corrected chi connectivity index (χ2v) is 6.69. The molecule has 1 saturated heterocycles. The third-order valence-corrected chi connectivity index (χ3v) is 4.62. The van der Waals surface area contributed by atoms with Crippen LogP contribution in [-0.2, 0) is 14.4 Å². The molecule has 0 unspecified atom stereocenters. The Morgan fingerprint density at radius 1 is 1.03 bits per heavy atom. The lowest BCUT2D eigenvalue weighted by Gasteiger charge is -2.20. The average Bonchev–Trinajstić information content (AvgIpc) is 3.08. The van der Waals surface area contributed by atoms with Gasteiger partial charge in [0.15, 0.2) is 0 Å². The number of carbonyl (C=O) groups is 3. The van der Waals surface area contributed by atoms with E-state index in [0.717, 1.165) is 0 Å². The number of nitrogens with zero attached hydrogens (tertiary/aromatic N) is 1. The molecule has 152 valence electrons. The lowest BCUT2D eigenvalue weighted by atomic mass is 10.1. The van der Waals surface area contributed by atoms with E-state index in [2.05, 4.69) is 10.6 Å². The van der Waals surface area contributed by atoms with Crippen molar-refractivity contribution in [2.45, 2.75) is 13.3 Å². The van der Waals surface area contributed by atoms with Crippen molar-refractivity contribution in [1.29, 1.82) is 0 Å². The van der Waals surface area contributed by atoms with Crippen LogP contribution in [0.3, 0.4) is 0 Å². The van der Waals surface area contributed by atoms with Crippen LogP contribution in [0.5, 0.6) is 11.5 Å². The Kier molecular flexibility index (Phi) is 6.01. The zero-order chi connectivity index (χ0) is 21.0. The number of amides is 3. The Morgan fingerprint density at radius 2 is 1.76 bits per heavy atom. The Hall–Kier alpha value is -3.55. The molecule has 2 aromatic rings. The fraction of sp³-hybridized carbons (Fsp3) is 0.286. The number of benzene rings is 2. The SMILES string of the molecule is COc1ccc(N2C[C@@H](C(=O)Nc3cccc(NC(C)=O)c3)CC2=O)c(OC)c1. The molecule has 0 aromatic heterocycles. The zero-order valence-corrected chi connectivity index (χ0v) is 16.5. The lowest BCUT2D eigenvalue weighted by Crippen LogP contribution is -2.28. The van der Waals surface area contributed by atoms with Gasteiger partial charge in [-0.25, -0.2) is 0 Å². The number of ether oxygens (including phenoxy) is 2. The molecule has 8 nitrogen and oxygen atoms in total. The first kappa shape index (κ1) is 20.2. The average molecular weight is 397 g/mol. The first-order valence-electron chi connectivity index (χ1n) is 9.12. The third kappa shape index (κ3) is 4.66. The maximum Gasteiger partial charge on any atom is 0.229 e. The van der Waals surface area contributed by atoms with Crippen molar-refractivity contribution in [3.8, 4) is 11.5 Å². The zero-order valence-electron chi connectivity index (χ0n) is 16.5. The highest BCUT2D eigenvalue weighted by Gasteiger charge is 2.36. The van der Waals surface area contributed by atoms with Gasteiger partial charge in [0.1, 0.15) is 11.5 Å². The predicted octanol–water partition coefficient (Wildman–Crippen LogP) is 2.65. The number of hydrogen-bond donors (Lipinski definition) is 2. The van der Waals surface area contributed by atoms with Crippen LogP contribution in [0.4, 0.5) is 17.1 Å². The van der Waals surface area contributed by atoms with Gasteiger partial charge in [-0.2, -0.15) is 0 Å². The van der Waals surface area contributed by atoms with Crippen molar-refractivity contribution in [2.24, 2.45) is 5.92 Å². The molecule has 1 atom stereocenters. The van der Waals surface area contributed by atoms with Gasteiger partial charge in [-0.1, -0.05) is 6.07 Å². The summed E-state index contributed by atoms with van der Waals surface area (Å²) in [5.74, 6) is 0.0129. The molecular weight excluding hydrogens is 374 g/mol. The predicted molar refractivity (Wildman–Crippen MR) is 109 cm³/mol. The Balaban J connectivity index is 1.72. The minimum atomic E-state index is -0.501. The number of anilines is 3. The molecule has 1 aliphatic rings. The quantitative estimate of drug-likeness (QED) is 0.781. The Morgan fingerprint density at radius 3 is 2.41 bits per heavy atom. The first-order valence-corrected chi connectivity index (χ1v) is 9.12. The molecule has 1 heterocycles. The van der Waals surface area contributed by atoms with Gasteiger partial charge >= 0.3 is 0 Å². The van der Waals surface area contributed by atoms with Crippen LogP contribution >= 0.6 is 0 Å². The van der Waals surface area contributed by atoms with Crippen molar-refractivity contribution in [2.75, 3.05) is 36.3 Å². The lowest BCUT2D eigenvalue weighted by molar-refractivity contribution is -0.122. The third-order valence-electron chi connectivity index (χ3n) is 4.62. The van der Waals surface area contributed by atoms with Crippen molar-refractivity contribution in [3.05, 3.63) is 42.5 Å². The van der Waals surface area contributed by atoms with Gasteiger partial charge in [0, 0.05) is 37.3 Å². The number of nitrogens with one attached hydrogen (secondary N) is 2. The summed E-state index contributed by atoms with van der Waals surface area (Å²) in [6.45, 7) is 1.66. The molecule has 3 rings (SSSR count). The molecule has 29 heavy (non-hydrogen) atoms. The van der Waals surface area contributed by atoms with Crippen LogP contribution in [0.1, 0.15) is 13.3 Å². The highest BCUT2D eigenvalue weighted by atomic mass is 16.5. The van der Waals surface area contributed by atoms with E-state index in [4.69, 9.17) is 9.47 Å². The fourth-order valence-electron chi connectivity index (χ4n) is 3.25. The summed E-state index contributed by atoms with van der Waals surface area (Å²) < 4.78 is 10.6.